The van der Waals surface area contributed by atoms with E-state index in [1.165, 1.54) is 57.8 Å². The molecular weight excluding hydrogens is 544 g/mol. The number of carbonyl (C=O) groups excluding carboxylic acids is 3. The molecule has 0 aromatic heterocycles. The van der Waals surface area contributed by atoms with Gasteiger partial charge in [0.05, 0.1) is 19.1 Å². The van der Waals surface area contributed by atoms with Gasteiger partial charge in [0.1, 0.15) is 12.2 Å². The molecule has 248 valence electrons. The molecule has 0 bridgehead atoms. The average Bonchev–Trinajstić information content (AvgIpc) is 3.38. The highest BCUT2D eigenvalue weighted by Crippen LogP contribution is 2.34. The van der Waals surface area contributed by atoms with Gasteiger partial charge in [-0.3, -0.25) is 14.4 Å². The van der Waals surface area contributed by atoms with E-state index in [2.05, 4.69) is 29.7 Å². The normalized spacial score (nSPS) is 22.9. The fourth-order valence-electron chi connectivity index (χ4n) is 5.80. The molecule has 8 heteroatoms. The van der Waals surface area contributed by atoms with Crippen molar-refractivity contribution >= 4 is 17.8 Å². The maximum Gasteiger partial charge on any atom is 0.307 e. The fraction of sp³-hybridized carbons (Fsp3) is 0.857. The minimum atomic E-state index is -0.831. The van der Waals surface area contributed by atoms with Gasteiger partial charge >= 0.3 is 5.97 Å². The second-order valence-electron chi connectivity index (χ2n) is 13.7. The Bertz CT molecular complexity index is 855. The molecule has 1 aliphatic carbocycles. The Morgan fingerprint density at radius 3 is 2.14 bits per heavy atom. The molecular formula is C35H62N2O6. The Morgan fingerprint density at radius 1 is 0.837 bits per heavy atom. The Morgan fingerprint density at radius 2 is 1.47 bits per heavy atom. The van der Waals surface area contributed by atoms with Crippen LogP contribution in [-0.4, -0.2) is 55.0 Å². The zero-order chi connectivity index (χ0) is 31.6. The van der Waals surface area contributed by atoms with Gasteiger partial charge in [-0.15, -0.1) is 0 Å². The van der Waals surface area contributed by atoms with Gasteiger partial charge in [-0.2, -0.15) is 0 Å². The van der Waals surface area contributed by atoms with E-state index in [0.717, 1.165) is 44.9 Å². The molecule has 2 aliphatic rings. The van der Waals surface area contributed by atoms with E-state index < -0.39 is 17.3 Å². The summed E-state index contributed by atoms with van der Waals surface area (Å²) in [6.45, 7) is 10.3. The van der Waals surface area contributed by atoms with Crippen molar-refractivity contribution in [2.45, 2.75) is 174 Å². The van der Waals surface area contributed by atoms with E-state index in [1.54, 1.807) is 13.8 Å². The van der Waals surface area contributed by atoms with E-state index >= 15 is 0 Å². The molecule has 2 amide bonds. The monoisotopic (exact) mass is 606 g/mol. The van der Waals surface area contributed by atoms with Gasteiger partial charge in [-0.25, -0.2) is 0 Å². The highest BCUT2D eigenvalue weighted by molar-refractivity contribution is 5.82. The van der Waals surface area contributed by atoms with Crippen molar-refractivity contribution in [1.29, 1.82) is 0 Å². The number of esters is 1. The highest BCUT2D eigenvalue weighted by Gasteiger charge is 2.45. The maximum absolute atomic E-state index is 12.8. The number of nitrogens with one attached hydrogen (secondary N) is 2. The zero-order valence-corrected chi connectivity index (χ0v) is 28.0. The second-order valence-corrected chi connectivity index (χ2v) is 13.7. The molecule has 1 aliphatic heterocycles. The molecule has 1 saturated heterocycles. The number of rotatable bonds is 21. The molecule has 0 spiro atoms. The number of ether oxygens (including phenoxy) is 3. The molecule has 1 saturated carbocycles. The third-order valence-electron chi connectivity index (χ3n) is 8.52. The third-order valence-corrected chi connectivity index (χ3v) is 8.52. The quantitative estimate of drug-likeness (QED) is 0.0808. The van der Waals surface area contributed by atoms with E-state index in [4.69, 9.17) is 14.2 Å². The number of amides is 2. The van der Waals surface area contributed by atoms with E-state index in [1.807, 2.05) is 13.8 Å². The molecule has 2 N–H and O–H groups in total. The van der Waals surface area contributed by atoms with Gasteiger partial charge in [-0.05, 0) is 65.2 Å². The van der Waals surface area contributed by atoms with Crippen LogP contribution in [0.2, 0.25) is 0 Å². The Hall–Kier alpha value is -1.93. The van der Waals surface area contributed by atoms with Crippen molar-refractivity contribution in [3.05, 3.63) is 12.2 Å². The highest BCUT2D eigenvalue weighted by atomic mass is 16.7. The standard InChI is InChI=1S/C35H62N2O6/c1-6-7-8-9-10-11-12-13-14-15-16-17-18-19-20-24-30(38)37-28-22-21-23-29(28)42-31(39)25-26-36-33(40)32-34(2,3)27-41-35(4,5)43-32/h13-14,28-29,32H,6-12,15-27H2,1-5H3,(H,36,40)(H,37,38)/b14-13-. The predicted octanol–water partition coefficient (Wildman–Crippen LogP) is 7.29. The van der Waals surface area contributed by atoms with E-state index in [0.29, 0.717) is 13.0 Å². The maximum atomic E-state index is 12.8. The lowest BCUT2D eigenvalue weighted by atomic mass is 9.85. The first kappa shape index (κ1) is 37.3. The second kappa shape index (κ2) is 20.2. The van der Waals surface area contributed by atoms with Gasteiger partial charge in [0.2, 0.25) is 11.8 Å². The van der Waals surface area contributed by atoms with E-state index in [9.17, 15) is 14.4 Å². The van der Waals surface area contributed by atoms with Crippen molar-refractivity contribution in [1.82, 2.24) is 10.6 Å². The summed E-state index contributed by atoms with van der Waals surface area (Å²) in [7, 11) is 0. The van der Waals surface area contributed by atoms with Gasteiger partial charge in [-0.1, -0.05) is 84.3 Å². The minimum Gasteiger partial charge on any atom is -0.460 e. The Labute approximate surface area is 261 Å². The van der Waals surface area contributed by atoms with Crippen LogP contribution in [-0.2, 0) is 28.6 Å². The molecule has 2 rings (SSSR count). The molecule has 2 fully saturated rings. The number of carbonyl (C=O) groups is 3. The fourth-order valence-corrected chi connectivity index (χ4v) is 5.80. The number of hydrogen-bond acceptors (Lipinski definition) is 6. The van der Waals surface area contributed by atoms with Gasteiger partial charge in [0.25, 0.3) is 0 Å². The Kier molecular flexibility index (Phi) is 17.5. The number of unbranched alkanes of at least 4 members (excludes halogenated alkanes) is 11. The van der Waals surface area contributed by atoms with Crippen LogP contribution in [0.5, 0.6) is 0 Å². The van der Waals surface area contributed by atoms with Gasteiger partial charge < -0.3 is 24.8 Å². The molecule has 43 heavy (non-hydrogen) atoms. The van der Waals surface area contributed by atoms with Crippen LogP contribution >= 0.6 is 0 Å². The lowest BCUT2D eigenvalue weighted by molar-refractivity contribution is -0.304. The lowest BCUT2D eigenvalue weighted by Crippen LogP contribution is -2.56. The van der Waals surface area contributed by atoms with Crippen LogP contribution in [0.25, 0.3) is 0 Å². The summed E-state index contributed by atoms with van der Waals surface area (Å²) < 4.78 is 17.2. The van der Waals surface area contributed by atoms with Crippen molar-refractivity contribution in [3.8, 4) is 0 Å². The largest absolute Gasteiger partial charge is 0.460 e. The zero-order valence-electron chi connectivity index (χ0n) is 28.0. The summed E-state index contributed by atoms with van der Waals surface area (Å²) in [5, 5.41) is 5.91. The summed E-state index contributed by atoms with van der Waals surface area (Å²) in [6.07, 6.45) is 22.8. The van der Waals surface area contributed by atoms with Crippen LogP contribution in [0, 0.1) is 5.41 Å². The summed E-state index contributed by atoms with van der Waals surface area (Å²) in [5.74, 6) is -1.41. The molecule has 0 radical (unpaired) electrons. The van der Waals surface area contributed by atoms with Crippen molar-refractivity contribution in [3.63, 3.8) is 0 Å². The topological polar surface area (TPSA) is 103 Å². The summed E-state index contributed by atoms with van der Waals surface area (Å²) >= 11 is 0. The smallest absolute Gasteiger partial charge is 0.307 e. The van der Waals surface area contributed by atoms with Crippen LogP contribution < -0.4 is 10.6 Å². The SMILES string of the molecule is CCCCCCCC/C=C\CCCCCCCC(=O)NC1CCCC1OC(=O)CCNC(=O)C1OC(C)(C)OCC1(C)C. The molecule has 1 heterocycles. The van der Waals surface area contributed by atoms with E-state index in [-0.39, 0.29) is 42.9 Å². The van der Waals surface area contributed by atoms with Gasteiger partial charge in [0, 0.05) is 18.4 Å². The van der Waals surface area contributed by atoms with Crippen LogP contribution in [0.4, 0.5) is 0 Å². The lowest BCUT2D eigenvalue weighted by Gasteiger charge is -2.44. The first-order valence-electron chi connectivity index (χ1n) is 17.3. The number of allylic oxidation sites excluding steroid dienone is 2. The summed E-state index contributed by atoms with van der Waals surface area (Å²) in [4.78, 5) is 37.8. The first-order valence-corrected chi connectivity index (χ1v) is 17.3. The summed E-state index contributed by atoms with van der Waals surface area (Å²) in [5.41, 5.74) is -0.473. The predicted molar refractivity (Wildman–Crippen MR) is 171 cm³/mol. The molecule has 3 atom stereocenters. The third kappa shape index (κ3) is 15.6. The van der Waals surface area contributed by atoms with Crippen LogP contribution in [0.15, 0.2) is 12.2 Å². The van der Waals surface area contributed by atoms with Crippen molar-refractivity contribution in [2.75, 3.05) is 13.2 Å². The molecule has 0 aromatic carbocycles. The molecule has 3 unspecified atom stereocenters. The van der Waals surface area contributed by atoms with Crippen LogP contribution in [0.3, 0.4) is 0 Å². The Balaban J connectivity index is 1.51. The van der Waals surface area contributed by atoms with Crippen molar-refractivity contribution in [2.24, 2.45) is 5.41 Å². The summed E-state index contributed by atoms with van der Waals surface area (Å²) in [6, 6.07) is -0.132. The van der Waals surface area contributed by atoms with Crippen molar-refractivity contribution < 1.29 is 28.6 Å². The van der Waals surface area contributed by atoms with Crippen LogP contribution in [0.1, 0.15) is 150 Å². The van der Waals surface area contributed by atoms with Gasteiger partial charge in [0.15, 0.2) is 5.79 Å². The number of hydrogen-bond donors (Lipinski definition) is 2. The molecule has 0 aromatic rings. The average molecular weight is 607 g/mol. The molecule has 8 nitrogen and oxygen atoms in total. The first-order chi connectivity index (χ1) is 20.5. The minimum absolute atomic E-state index is 0.0415.